The molecule has 3 aromatic carbocycles. The highest BCUT2D eigenvalue weighted by molar-refractivity contribution is 6.30. The van der Waals surface area contributed by atoms with Gasteiger partial charge >= 0.3 is 0 Å². The van der Waals surface area contributed by atoms with Crippen LogP contribution in [0.5, 0.6) is 0 Å². The van der Waals surface area contributed by atoms with Gasteiger partial charge in [-0.25, -0.2) is 4.39 Å². The maximum atomic E-state index is 13.9. The molecule has 0 aliphatic heterocycles. The molecule has 0 amide bonds. The van der Waals surface area contributed by atoms with E-state index in [0.717, 1.165) is 22.1 Å². The van der Waals surface area contributed by atoms with Crippen LogP contribution in [-0.2, 0) is 0 Å². The molecule has 0 aliphatic rings. The molecule has 0 radical (unpaired) electrons. The number of hydrogen-bond donors (Lipinski definition) is 0. The number of halogens is 3. The number of aryl methyl sites for hydroxylation is 1. The summed E-state index contributed by atoms with van der Waals surface area (Å²) >= 11 is 12.6. The standard InChI is InChI=1S/C18H13Cl2F/c1-11-10-12(19)6-7-13(11)18(20)16-8-9-17(21)15-5-3-2-4-14(15)16/h2-10,18H,1H3. The van der Waals surface area contributed by atoms with Crippen LogP contribution in [0.1, 0.15) is 22.1 Å². The van der Waals surface area contributed by atoms with Crippen molar-refractivity contribution in [2.45, 2.75) is 12.3 Å². The maximum Gasteiger partial charge on any atom is 0.131 e. The van der Waals surface area contributed by atoms with Gasteiger partial charge in [0.25, 0.3) is 0 Å². The molecule has 0 saturated carbocycles. The van der Waals surface area contributed by atoms with Gasteiger partial charge in [-0.2, -0.15) is 0 Å². The highest BCUT2D eigenvalue weighted by Crippen LogP contribution is 2.36. The number of hydrogen-bond acceptors (Lipinski definition) is 0. The fraction of sp³-hybridized carbons (Fsp3) is 0.111. The van der Waals surface area contributed by atoms with Crippen molar-refractivity contribution < 1.29 is 4.39 Å². The molecule has 0 spiro atoms. The first kappa shape index (κ1) is 14.4. The Hall–Kier alpha value is -1.57. The summed E-state index contributed by atoms with van der Waals surface area (Å²) in [6.07, 6.45) is 0. The molecule has 0 nitrogen and oxygen atoms in total. The Morgan fingerprint density at radius 3 is 2.29 bits per heavy atom. The van der Waals surface area contributed by atoms with Gasteiger partial charge in [0.05, 0.1) is 5.38 Å². The lowest BCUT2D eigenvalue weighted by Crippen LogP contribution is -1.98. The molecular formula is C18H13Cl2F. The number of rotatable bonds is 2. The van der Waals surface area contributed by atoms with E-state index in [0.29, 0.717) is 10.4 Å². The van der Waals surface area contributed by atoms with Crippen LogP contribution < -0.4 is 0 Å². The summed E-state index contributed by atoms with van der Waals surface area (Å²) in [5.74, 6) is -0.231. The van der Waals surface area contributed by atoms with Gasteiger partial charge in [0.1, 0.15) is 5.82 Å². The maximum absolute atomic E-state index is 13.9. The number of benzene rings is 3. The lowest BCUT2D eigenvalue weighted by atomic mass is 9.95. The van der Waals surface area contributed by atoms with Gasteiger partial charge in [0, 0.05) is 10.4 Å². The Morgan fingerprint density at radius 1 is 0.905 bits per heavy atom. The topological polar surface area (TPSA) is 0 Å². The van der Waals surface area contributed by atoms with E-state index in [9.17, 15) is 4.39 Å². The fourth-order valence-corrected chi connectivity index (χ4v) is 3.26. The fourth-order valence-electron chi connectivity index (χ4n) is 2.60. The summed E-state index contributed by atoms with van der Waals surface area (Å²) in [4.78, 5) is 0. The van der Waals surface area contributed by atoms with Crippen molar-refractivity contribution in [1.82, 2.24) is 0 Å². The summed E-state index contributed by atoms with van der Waals surface area (Å²) in [6.45, 7) is 1.97. The molecule has 0 aromatic heterocycles. The van der Waals surface area contributed by atoms with Gasteiger partial charge in [-0.05, 0) is 47.2 Å². The zero-order chi connectivity index (χ0) is 15.0. The van der Waals surface area contributed by atoms with Gasteiger partial charge < -0.3 is 0 Å². The third-order valence-corrected chi connectivity index (χ3v) is 4.39. The second kappa shape index (κ2) is 5.67. The van der Waals surface area contributed by atoms with Crippen LogP contribution >= 0.6 is 23.2 Å². The third kappa shape index (κ3) is 2.64. The zero-order valence-corrected chi connectivity index (χ0v) is 12.9. The zero-order valence-electron chi connectivity index (χ0n) is 11.4. The molecule has 1 unspecified atom stereocenters. The number of fused-ring (bicyclic) bond motifs is 1. The second-order valence-corrected chi connectivity index (χ2v) is 5.92. The summed E-state index contributed by atoms with van der Waals surface area (Å²) in [5, 5.41) is 1.77. The summed E-state index contributed by atoms with van der Waals surface area (Å²) in [5.41, 5.74) is 2.91. The van der Waals surface area contributed by atoms with E-state index in [1.807, 2.05) is 43.3 Å². The molecule has 0 fully saturated rings. The van der Waals surface area contributed by atoms with Crippen LogP contribution in [0, 0.1) is 12.7 Å². The first-order valence-electron chi connectivity index (χ1n) is 6.65. The molecule has 21 heavy (non-hydrogen) atoms. The second-order valence-electron chi connectivity index (χ2n) is 5.05. The average Bonchev–Trinajstić information content (AvgIpc) is 2.47. The quantitative estimate of drug-likeness (QED) is 0.488. The minimum Gasteiger partial charge on any atom is -0.206 e. The molecule has 0 bridgehead atoms. The van der Waals surface area contributed by atoms with Gasteiger partial charge in [-0.15, -0.1) is 11.6 Å². The lowest BCUT2D eigenvalue weighted by molar-refractivity contribution is 0.639. The van der Waals surface area contributed by atoms with Crippen molar-refractivity contribution >= 4 is 34.0 Å². The first-order chi connectivity index (χ1) is 10.1. The van der Waals surface area contributed by atoms with Crippen LogP contribution in [0.2, 0.25) is 5.02 Å². The summed E-state index contributed by atoms with van der Waals surface area (Å²) < 4.78 is 13.9. The van der Waals surface area contributed by atoms with Crippen LogP contribution in [0.3, 0.4) is 0 Å². The molecule has 3 heteroatoms. The molecule has 0 N–H and O–H groups in total. The van der Waals surface area contributed by atoms with E-state index in [1.54, 1.807) is 12.1 Å². The third-order valence-electron chi connectivity index (χ3n) is 3.68. The molecule has 0 heterocycles. The van der Waals surface area contributed by atoms with E-state index >= 15 is 0 Å². The van der Waals surface area contributed by atoms with E-state index in [1.165, 1.54) is 6.07 Å². The van der Waals surface area contributed by atoms with Crippen molar-refractivity contribution in [3.05, 3.63) is 82.1 Å². The van der Waals surface area contributed by atoms with Crippen molar-refractivity contribution in [3.63, 3.8) is 0 Å². The smallest absolute Gasteiger partial charge is 0.131 e. The molecule has 3 rings (SSSR count). The van der Waals surface area contributed by atoms with Crippen LogP contribution in [0.25, 0.3) is 10.8 Å². The minimum absolute atomic E-state index is 0.231. The van der Waals surface area contributed by atoms with Crippen molar-refractivity contribution in [3.8, 4) is 0 Å². The molecule has 0 aliphatic carbocycles. The average molecular weight is 319 g/mol. The summed E-state index contributed by atoms with van der Waals surface area (Å²) in [6, 6.07) is 16.2. The Labute approximate surface area is 133 Å². The largest absolute Gasteiger partial charge is 0.206 e. The monoisotopic (exact) mass is 318 g/mol. The van der Waals surface area contributed by atoms with Crippen LogP contribution in [-0.4, -0.2) is 0 Å². The highest BCUT2D eigenvalue weighted by Gasteiger charge is 2.17. The molecular weight excluding hydrogens is 306 g/mol. The van der Waals surface area contributed by atoms with Crippen molar-refractivity contribution in [2.24, 2.45) is 0 Å². The lowest BCUT2D eigenvalue weighted by Gasteiger charge is -2.16. The predicted molar refractivity (Wildman–Crippen MR) is 87.8 cm³/mol. The molecule has 106 valence electrons. The van der Waals surface area contributed by atoms with E-state index in [4.69, 9.17) is 23.2 Å². The van der Waals surface area contributed by atoms with Gasteiger partial charge in [0.15, 0.2) is 0 Å². The first-order valence-corrected chi connectivity index (χ1v) is 7.46. The Kier molecular flexibility index (Phi) is 3.88. The predicted octanol–water partition coefficient (Wildman–Crippen LogP) is 6.27. The van der Waals surface area contributed by atoms with Gasteiger partial charge in [-0.3, -0.25) is 0 Å². The van der Waals surface area contributed by atoms with Gasteiger partial charge in [0.2, 0.25) is 0 Å². The van der Waals surface area contributed by atoms with Crippen LogP contribution in [0.4, 0.5) is 4.39 Å². The van der Waals surface area contributed by atoms with Crippen molar-refractivity contribution in [2.75, 3.05) is 0 Å². The Balaban J connectivity index is 2.18. The number of alkyl halides is 1. The van der Waals surface area contributed by atoms with E-state index < -0.39 is 0 Å². The SMILES string of the molecule is Cc1cc(Cl)ccc1C(Cl)c1ccc(F)c2ccccc12. The Morgan fingerprint density at radius 2 is 1.57 bits per heavy atom. The molecule has 0 saturated heterocycles. The summed E-state index contributed by atoms with van der Waals surface area (Å²) in [7, 11) is 0. The Bertz CT molecular complexity index is 811. The van der Waals surface area contributed by atoms with E-state index in [-0.39, 0.29) is 11.2 Å². The van der Waals surface area contributed by atoms with Gasteiger partial charge in [-0.1, -0.05) is 48.0 Å². The van der Waals surface area contributed by atoms with Crippen LogP contribution in [0.15, 0.2) is 54.6 Å². The molecule has 1 atom stereocenters. The highest BCUT2D eigenvalue weighted by atomic mass is 35.5. The molecule has 3 aromatic rings. The normalized spacial score (nSPS) is 12.6. The van der Waals surface area contributed by atoms with Crippen molar-refractivity contribution in [1.29, 1.82) is 0 Å². The van der Waals surface area contributed by atoms with E-state index in [2.05, 4.69) is 0 Å². The minimum atomic E-state index is -0.340.